The summed E-state index contributed by atoms with van der Waals surface area (Å²) in [7, 11) is 3.76. The fourth-order valence-corrected chi connectivity index (χ4v) is 9.44. The van der Waals surface area contributed by atoms with Crippen LogP contribution in [0.15, 0.2) is 104 Å². The SMILES string of the molecule is COc1ccccc1-c1nccc(COc2ccc3cc2C[C@H](C(=O)O)COc2nccn4c(Cl)c(-c5ccc(F)cc5)c(c24)-c2ccc(c(Cl)c2C)CN(CCN2CCN(C)CC2)C3)n1. The third-order valence-corrected chi connectivity index (χ3v) is 13.4. The van der Waals surface area contributed by atoms with E-state index < -0.39 is 11.9 Å². The number of likely N-dealkylation sites (N-methyl/N-ethyl adjacent to an activating group) is 1. The molecule has 4 bridgehead atoms. The highest BCUT2D eigenvalue weighted by atomic mass is 35.5. The number of hydrogen-bond acceptors (Lipinski definition) is 10. The summed E-state index contributed by atoms with van der Waals surface area (Å²) in [6, 6.07) is 25.6. The number of aromatic nitrogens is 4. The summed E-state index contributed by atoms with van der Waals surface area (Å²) in [6.07, 6.45) is 5.07. The van der Waals surface area contributed by atoms with E-state index in [1.807, 2.05) is 55.5 Å². The van der Waals surface area contributed by atoms with Gasteiger partial charge in [0.15, 0.2) is 5.82 Å². The van der Waals surface area contributed by atoms with Crippen LogP contribution in [0.5, 0.6) is 17.4 Å². The first-order chi connectivity index (χ1) is 32.0. The molecule has 1 saturated heterocycles. The molecular formula is C51H50Cl2FN7O5. The van der Waals surface area contributed by atoms with Gasteiger partial charge in [0.1, 0.15) is 41.2 Å². The van der Waals surface area contributed by atoms with Gasteiger partial charge in [-0.1, -0.05) is 71.7 Å². The average Bonchev–Trinajstić information content (AvgIpc) is 3.63. The maximum atomic E-state index is 14.3. The Kier molecular flexibility index (Phi) is 13.5. The molecule has 3 aromatic heterocycles. The Bertz CT molecular complexity index is 2890. The van der Waals surface area contributed by atoms with Gasteiger partial charge in [-0.15, -0.1) is 0 Å². The lowest BCUT2D eigenvalue weighted by Gasteiger charge is -2.34. The lowest BCUT2D eigenvalue weighted by atomic mass is 9.93. The first kappa shape index (κ1) is 45.1. The third kappa shape index (κ3) is 9.58. The van der Waals surface area contributed by atoms with Gasteiger partial charge in [-0.25, -0.2) is 19.3 Å². The van der Waals surface area contributed by atoms with E-state index in [1.54, 1.807) is 48.3 Å². The molecule has 6 heterocycles. The first-order valence-electron chi connectivity index (χ1n) is 22.0. The Hall–Kier alpha value is -6.09. The number of methoxy groups -OCH3 is 1. The van der Waals surface area contributed by atoms with Gasteiger partial charge in [0.25, 0.3) is 0 Å². The quantitative estimate of drug-likeness (QED) is 0.141. The van der Waals surface area contributed by atoms with E-state index in [9.17, 15) is 14.3 Å². The van der Waals surface area contributed by atoms with Crippen LogP contribution in [0.2, 0.25) is 10.2 Å². The lowest BCUT2D eigenvalue weighted by molar-refractivity contribution is -0.142. The molecule has 3 aliphatic rings. The zero-order chi connectivity index (χ0) is 45.9. The first-order valence-corrected chi connectivity index (χ1v) is 22.7. The van der Waals surface area contributed by atoms with Gasteiger partial charge in [-0.2, -0.15) is 0 Å². The van der Waals surface area contributed by atoms with Crippen molar-refractivity contribution in [2.24, 2.45) is 5.92 Å². The second kappa shape index (κ2) is 19.8. The van der Waals surface area contributed by atoms with Crippen LogP contribution in [-0.4, -0.2) is 105 Å². The molecule has 7 aromatic rings. The fraction of sp³-hybridized carbons (Fsp3) is 0.294. The summed E-state index contributed by atoms with van der Waals surface area (Å²) < 4.78 is 34.7. The molecule has 1 fully saturated rings. The van der Waals surface area contributed by atoms with Gasteiger partial charge in [-0.3, -0.25) is 14.6 Å². The Morgan fingerprint density at radius 2 is 1.65 bits per heavy atom. The number of rotatable bonds is 10. The monoisotopic (exact) mass is 929 g/mol. The van der Waals surface area contributed by atoms with Crippen molar-refractivity contribution in [1.82, 2.24) is 34.1 Å². The molecule has 0 saturated carbocycles. The molecule has 0 aliphatic carbocycles. The maximum absolute atomic E-state index is 14.3. The molecule has 1 atom stereocenters. The number of carboxylic acids is 1. The Balaban J connectivity index is 1.13. The van der Waals surface area contributed by atoms with E-state index in [4.69, 9.17) is 42.4 Å². The number of fused-ring (bicyclic) bond motifs is 7. The van der Waals surface area contributed by atoms with Gasteiger partial charge in [-0.05, 0) is 90.2 Å². The predicted octanol–water partition coefficient (Wildman–Crippen LogP) is 9.35. The molecule has 0 amide bonds. The smallest absolute Gasteiger partial charge is 0.310 e. The van der Waals surface area contributed by atoms with Gasteiger partial charge < -0.3 is 28.6 Å². The number of benzene rings is 4. The van der Waals surface area contributed by atoms with E-state index in [0.717, 1.165) is 67.1 Å². The lowest BCUT2D eigenvalue weighted by Crippen LogP contribution is -2.46. The number of aliphatic carboxylic acids is 1. The minimum Gasteiger partial charge on any atom is -0.496 e. The highest BCUT2D eigenvalue weighted by Crippen LogP contribution is 2.47. The summed E-state index contributed by atoms with van der Waals surface area (Å²) in [5, 5.41) is 11.8. The molecule has 1 N–H and O–H groups in total. The van der Waals surface area contributed by atoms with Crippen LogP contribution in [0.4, 0.5) is 4.39 Å². The van der Waals surface area contributed by atoms with Crippen molar-refractivity contribution >= 4 is 34.7 Å². The third-order valence-electron chi connectivity index (χ3n) is 12.6. The summed E-state index contributed by atoms with van der Waals surface area (Å²) >= 11 is 14.7. The van der Waals surface area contributed by atoms with Crippen molar-refractivity contribution in [2.45, 2.75) is 33.0 Å². The number of hydrogen-bond donors (Lipinski definition) is 1. The molecular weight excluding hydrogens is 881 g/mol. The van der Waals surface area contributed by atoms with Crippen molar-refractivity contribution < 1.29 is 28.5 Å². The van der Waals surface area contributed by atoms with Crippen LogP contribution in [0.1, 0.15) is 27.9 Å². The van der Waals surface area contributed by atoms with Crippen LogP contribution < -0.4 is 14.2 Å². The van der Waals surface area contributed by atoms with Crippen LogP contribution in [-0.2, 0) is 30.9 Å². The Morgan fingerprint density at radius 3 is 2.44 bits per heavy atom. The molecule has 0 radical (unpaired) electrons. The Labute approximate surface area is 393 Å². The summed E-state index contributed by atoms with van der Waals surface area (Å²) in [5.74, 6) is -0.560. The van der Waals surface area contributed by atoms with Crippen molar-refractivity contribution in [3.05, 3.63) is 147 Å². The van der Waals surface area contributed by atoms with Gasteiger partial charge in [0.2, 0.25) is 5.88 Å². The molecule has 15 heteroatoms. The topological polar surface area (TPSA) is 118 Å². The fourth-order valence-electron chi connectivity index (χ4n) is 8.87. The molecule has 66 heavy (non-hydrogen) atoms. The summed E-state index contributed by atoms with van der Waals surface area (Å²) in [6.45, 7) is 8.64. The second-order valence-electron chi connectivity index (χ2n) is 16.9. The highest BCUT2D eigenvalue weighted by Gasteiger charge is 2.29. The van der Waals surface area contributed by atoms with Gasteiger partial charge in [0.05, 0.1) is 24.3 Å². The number of ether oxygens (including phenoxy) is 3. The van der Waals surface area contributed by atoms with Gasteiger partial charge >= 0.3 is 5.97 Å². The van der Waals surface area contributed by atoms with Crippen LogP contribution in [0, 0.1) is 18.7 Å². The molecule has 3 aliphatic heterocycles. The average molecular weight is 931 g/mol. The van der Waals surface area contributed by atoms with E-state index in [1.165, 1.54) is 12.1 Å². The van der Waals surface area contributed by atoms with E-state index in [2.05, 4.69) is 37.8 Å². The number of halogens is 3. The molecule has 0 spiro atoms. The standard InChI is InChI=1S/C51H50Cl2FN7O5/c1-32-40-14-11-35(46(32)52)29-60(25-24-59-22-20-58(2)21-23-59)28-33-8-15-42(65-31-39-16-17-55-49(57-39)41-6-4-5-7-43(41)64-3)36(26-33)27-37(51(62)63)30-66-50-47-45(40)44(34-9-12-38(54)13-10-34)48(53)61(47)19-18-56-50/h4-19,26,37H,20-25,27-31H2,1-3H3,(H,62,63)/t37-/m0/s1. The maximum Gasteiger partial charge on any atom is 0.310 e. The minimum absolute atomic E-state index is 0.0947. The minimum atomic E-state index is -1.04. The predicted molar refractivity (Wildman–Crippen MR) is 254 cm³/mol. The number of carboxylic acid groups (broad SMARTS) is 1. The van der Waals surface area contributed by atoms with Crippen LogP contribution >= 0.6 is 23.2 Å². The van der Waals surface area contributed by atoms with E-state index in [-0.39, 0.29) is 31.3 Å². The summed E-state index contributed by atoms with van der Waals surface area (Å²) in [5.41, 5.74) is 8.20. The molecule has 0 unspecified atom stereocenters. The highest BCUT2D eigenvalue weighted by molar-refractivity contribution is 6.35. The molecule has 12 nitrogen and oxygen atoms in total. The zero-order valence-electron chi connectivity index (χ0n) is 37.0. The van der Waals surface area contributed by atoms with Crippen molar-refractivity contribution in [3.8, 4) is 51.0 Å². The van der Waals surface area contributed by atoms with Crippen molar-refractivity contribution in [1.29, 1.82) is 0 Å². The largest absolute Gasteiger partial charge is 0.496 e. The van der Waals surface area contributed by atoms with E-state index in [0.29, 0.717) is 74.1 Å². The summed E-state index contributed by atoms with van der Waals surface area (Å²) in [4.78, 5) is 34.4. The van der Waals surface area contributed by atoms with E-state index >= 15 is 0 Å². The second-order valence-corrected chi connectivity index (χ2v) is 17.7. The molecule has 10 rings (SSSR count). The normalized spacial score (nSPS) is 16.2. The number of nitrogens with zero attached hydrogens (tertiary/aromatic N) is 7. The Morgan fingerprint density at radius 1 is 0.864 bits per heavy atom. The number of para-hydroxylation sites is 1. The number of carbonyl (C=O) groups is 1. The van der Waals surface area contributed by atoms with Crippen LogP contribution in [0.25, 0.3) is 39.2 Å². The molecule has 340 valence electrons. The van der Waals surface area contributed by atoms with Crippen molar-refractivity contribution in [3.63, 3.8) is 0 Å². The number of piperazine rings is 1. The molecule has 4 aromatic carbocycles. The van der Waals surface area contributed by atoms with Crippen LogP contribution in [0.3, 0.4) is 0 Å². The zero-order valence-corrected chi connectivity index (χ0v) is 38.5. The van der Waals surface area contributed by atoms with Crippen molar-refractivity contribution in [2.75, 3.05) is 60.0 Å². The van der Waals surface area contributed by atoms with Gasteiger partial charge in [0, 0.05) is 87.1 Å².